The van der Waals surface area contributed by atoms with Crippen molar-refractivity contribution in [1.82, 2.24) is 14.6 Å². The first-order valence-corrected chi connectivity index (χ1v) is 7.09. The number of nitrogens with one attached hydrogen (secondary N) is 2. The third-order valence-electron chi connectivity index (χ3n) is 3.15. The molecule has 20 heavy (non-hydrogen) atoms. The van der Waals surface area contributed by atoms with Gasteiger partial charge in [-0.05, 0) is 24.0 Å². The average Bonchev–Trinajstić information content (AvgIpc) is 3.10. The van der Waals surface area contributed by atoms with Crippen LogP contribution in [0.3, 0.4) is 0 Å². The normalized spacial score (nSPS) is 12.2. The molecule has 2 aromatic heterocycles. The predicted octanol–water partition coefficient (Wildman–Crippen LogP) is 3.29. The van der Waals surface area contributed by atoms with Crippen molar-refractivity contribution in [3.63, 3.8) is 0 Å². The zero-order valence-corrected chi connectivity index (χ0v) is 11.8. The molecule has 3 rings (SSSR count). The molecule has 0 spiro atoms. The third kappa shape index (κ3) is 2.37. The Labute approximate surface area is 121 Å². The van der Waals surface area contributed by atoms with E-state index in [1.165, 1.54) is 11.5 Å². The molecule has 5 nitrogen and oxygen atoms in total. The van der Waals surface area contributed by atoms with Gasteiger partial charge in [0.15, 0.2) is 0 Å². The minimum absolute atomic E-state index is 0.135. The molecule has 0 saturated heterocycles. The van der Waals surface area contributed by atoms with Gasteiger partial charge >= 0.3 is 0 Å². The van der Waals surface area contributed by atoms with E-state index < -0.39 is 0 Å². The van der Waals surface area contributed by atoms with Gasteiger partial charge < -0.3 is 11.1 Å². The predicted molar refractivity (Wildman–Crippen MR) is 82.6 cm³/mol. The monoisotopic (exact) mass is 285 g/mol. The SMILES string of the molecule is CC(Nc1snc(N)c1-c1ccccc1)c1cn[nH]c1. The topological polar surface area (TPSA) is 79.6 Å². The Morgan fingerprint density at radius 2 is 2.10 bits per heavy atom. The second-order valence-corrected chi connectivity index (χ2v) is 5.31. The highest BCUT2D eigenvalue weighted by atomic mass is 32.1. The molecule has 1 atom stereocenters. The number of hydrogen-bond donors (Lipinski definition) is 3. The lowest BCUT2D eigenvalue weighted by Gasteiger charge is -2.13. The molecule has 3 aromatic rings. The summed E-state index contributed by atoms with van der Waals surface area (Å²) in [7, 11) is 0. The first-order chi connectivity index (χ1) is 9.75. The number of benzene rings is 1. The van der Waals surface area contributed by atoms with E-state index in [4.69, 9.17) is 5.73 Å². The van der Waals surface area contributed by atoms with Gasteiger partial charge in [-0.15, -0.1) is 0 Å². The summed E-state index contributed by atoms with van der Waals surface area (Å²) in [6.07, 6.45) is 3.69. The van der Waals surface area contributed by atoms with E-state index in [-0.39, 0.29) is 6.04 Å². The molecule has 0 radical (unpaired) electrons. The fourth-order valence-corrected chi connectivity index (χ4v) is 2.89. The van der Waals surface area contributed by atoms with Gasteiger partial charge in [0.25, 0.3) is 0 Å². The van der Waals surface area contributed by atoms with E-state index >= 15 is 0 Å². The molecule has 0 aliphatic carbocycles. The highest BCUT2D eigenvalue weighted by Crippen LogP contribution is 2.38. The van der Waals surface area contributed by atoms with Crippen molar-refractivity contribution in [2.45, 2.75) is 13.0 Å². The van der Waals surface area contributed by atoms with Crippen molar-refractivity contribution >= 4 is 22.4 Å². The van der Waals surface area contributed by atoms with Gasteiger partial charge in [-0.3, -0.25) is 5.10 Å². The van der Waals surface area contributed by atoms with Crippen LogP contribution in [0.5, 0.6) is 0 Å². The fraction of sp³-hybridized carbons (Fsp3) is 0.143. The van der Waals surface area contributed by atoms with Crippen LogP contribution in [0.2, 0.25) is 0 Å². The maximum atomic E-state index is 6.01. The maximum Gasteiger partial charge on any atom is 0.147 e. The summed E-state index contributed by atoms with van der Waals surface area (Å²) in [6, 6.07) is 10.2. The van der Waals surface area contributed by atoms with Crippen LogP contribution in [-0.4, -0.2) is 14.6 Å². The van der Waals surface area contributed by atoms with Crippen molar-refractivity contribution in [1.29, 1.82) is 0 Å². The Morgan fingerprint density at radius 3 is 2.80 bits per heavy atom. The van der Waals surface area contributed by atoms with E-state index in [0.717, 1.165) is 21.7 Å². The Hall–Kier alpha value is -2.34. The van der Waals surface area contributed by atoms with Gasteiger partial charge in [0, 0.05) is 11.8 Å². The Morgan fingerprint density at radius 1 is 1.30 bits per heavy atom. The molecule has 0 aliphatic rings. The van der Waals surface area contributed by atoms with Crippen LogP contribution in [0.15, 0.2) is 42.7 Å². The van der Waals surface area contributed by atoms with Gasteiger partial charge in [-0.25, -0.2) is 0 Å². The highest BCUT2D eigenvalue weighted by molar-refractivity contribution is 7.11. The molecule has 4 N–H and O–H groups in total. The summed E-state index contributed by atoms with van der Waals surface area (Å²) in [5, 5.41) is 11.2. The van der Waals surface area contributed by atoms with Crippen LogP contribution in [0.1, 0.15) is 18.5 Å². The number of aromatic amines is 1. The van der Waals surface area contributed by atoms with E-state index in [1.807, 2.05) is 42.7 Å². The van der Waals surface area contributed by atoms with Gasteiger partial charge in [0.05, 0.1) is 17.8 Å². The summed E-state index contributed by atoms with van der Waals surface area (Å²) in [5.74, 6) is 0.558. The van der Waals surface area contributed by atoms with Gasteiger partial charge in [0.2, 0.25) is 0 Å². The van der Waals surface area contributed by atoms with E-state index in [9.17, 15) is 0 Å². The number of aromatic nitrogens is 3. The number of nitrogens with zero attached hydrogens (tertiary/aromatic N) is 2. The number of nitrogen functional groups attached to an aromatic ring is 1. The average molecular weight is 285 g/mol. The van der Waals surface area contributed by atoms with E-state index in [0.29, 0.717) is 5.82 Å². The van der Waals surface area contributed by atoms with Crippen LogP contribution in [-0.2, 0) is 0 Å². The number of nitrogens with two attached hydrogens (primary N) is 1. The van der Waals surface area contributed by atoms with Gasteiger partial charge in [0.1, 0.15) is 10.8 Å². The van der Waals surface area contributed by atoms with Crippen molar-refractivity contribution in [3.8, 4) is 11.1 Å². The zero-order chi connectivity index (χ0) is 13.9. The number of hydrogen-bond acceptors (Lipinski definition) is 5. The summed E-state index contributed by atoms with van der Waals surface area (Å²) in [6.45, 7) is 2.08. The summed E-state index contributed by atoms with van der Waals surface area (Å²) < 4.78 is 4.26. The molecule has 1 unspecified atom stereocenters. The van der Waals surface area contributed by atoms with E-state index in [1.54, 1.807) is 0 Å². The number of rotatable bonds is 4. The minimum atomic E-state index is 0.135. The summed E-state index contributed by atoms with van der Waals surface area (Å²) >= 11 is 1.38. The second kappa shape index (κ2) is 5.34. The second-order valence-electron chi connectivity index (χ2n) is 4.54. The van der Waals surface area contributed by atoms with Gasteiger partial charge in [-0.2, -0.15) is 9.47 Å². The molecule has 0 aliphatic heterocycles. The van der Waals surface area contributed by atoms with Crippen molar-refractivity contribution in [2.24, 2.45) is 0 Å². The van der Waals surface area contributed by atoms with Gasteiger partial charge in [-0.1, -0.05) is 30.3 Å². The largest absolute Gasteiger partial charge is 0.382 e. The fourth-order valence-electron chi connectivity index (χ4n) is 2.06. The smallest absolute Gasteiger partial charge is 0.147 e. The number of anilines is 2. The molecule has 0 saturated carbocycles. The van der Waals surface area contributed by atoms with Crippen molar-refractivity contribution in [3.05, 3.63) is 48.3 Å². The molecule has 2 heterocycles. The standard InChI is InChI=1S/C14H15N5S/c1-9(11-7-16-17-8-11)18-14-12(13(15)19-20-14)10-5-3-2-4-6-10/h2-9,18H,1H3,(H2,15,19)(H,16,17). The maximum absolute atomic E-state index is 6.01. The molecular weight excluding hydrogens is 270 g/mol. The molecule has 1 aromatic carbocycles. The zero-order valence-electron chi connectivity index (χ0n) is 11.0. The molecular formula is C14H15N5S. The Kier molecular flexibility index (Phi) is 3.39. The van der Waals surface area contributed by atoms with Crippen molar-refractivity contribution in [2.75, 3.05) is 11.1 Å². The summed E-state index contributed by atoms with van der Waals surface area (Å²) in [5.41, 5.74) is 9.14. The third-order valence-corrected chi connectivity index (χ3v) is 3.94. The molecule has 6 heteroatoms. The lowest BCUT2D eigenvalue weighted by molar-refractivity contribution is 0.891. The minimum Gasteiger partial charge on any atom is -0.382 e. The first kappa shape index (κ1) is 12.7. The Bertz CT molecular complexity index is 675. The van der Waals surface area contributed by atoms with Crippen molar-refractivity contribution < 1.29 is 0 Å². The van der Waals surface area contributed by atoms with E-state index in [2.05, 4.69) is 26.8 Å². The molecule has 0 fully saturated rings. The first-order valence-electron chi connectivity index (χ1n) is 6.31. The van der Waals surface area contributed by atoms with Crippen LogP contribution in [0, 0.1) is 0 Å². The van der Waals surface area contributed by atoms with Crippen LogP contribution in [0.25, 0.3) is 11.1 Å². The highest BCUT2D eigenvalue weighted by Gasteiger charge is 2.16. The molecule has 0 bridgehead atoms. The van der Waals surface area contributed by atoms with Crippen LogP contribution >= 0.6 is 11.5 Å². The molecule has 102 valence electrons. The molecule has 0 amide bonds. The Balaban J connectivity index is 1.92. The lowest BCUT2D eigenvalue weighted by Crippen LogP contribution is -2.05. The summed E-state index contributed by atoms with van der Waals surface area (Å²) in [4.78, 5) is 0. The quantitative estimate of drug-likeness (QED) is 0.687. The van der Waals surface area contributed by atoms with Crippen LogP contribution < -0.4 is 11.1 Å². The number of H-pyrrole nitrogens is 1. The van der Waals surface area contributed by atoms with Crippen LogP contribution in [0.4, 0.5) is 10.8 Å². The lowest BCUT2D eigenvalue weighted by atomic mass is 10.1.